The molecular formula is C20H21PS. The summed E-state index contributed by atoms with van der Waals surface area (Å²) in [4.78, 5) is 2.85. The van der Waals surface area contributed by atoms with E-state index in [9.17, 15) is 0 Å². The van der Waals surface area contributed by atoms with E-state index in [0.29, 0.717) is 0 Å². The fraction of sp³-hybridized carbons (Fsp3) is 0.200. The van der Waals surface area contributed by atoms with Gasteiger partial charge in [0.25, 0.3) is 0 Å². The average molecular weight is 324 g/mol. The molecule has 0 unspecified atom stereocenters. The highest BCUT2D eigenvalue weighted by Crippen LogP contribution is 2.36. The van der Waals surface area contributed by atoms with Crippen LogP contribution in [0.4, 0.5) is 0 Å². The van der Waals surface area contributed by atoms with Gasteiger partial charge in [0.15, 0.2) is 0 Å². The molecular weight excluding hydrogens is 303 g/mol. The SMILES string of the molecule is Cc1ccc(P(c2ccc(C)cc2)c2cc(C)sc2C)cc1. The third-order valence-corrected chi connectivity index (χ3v) is 7.53. The first-order chi connectivity index (χ1) is 10.5. The van der Waals surface area contributed by atoms with Gasteiger partial charge in [-0.15, -0.1) is 11.3 Å². The molecule has 22 heavy (non-hydrogen) atoms. The molecule has 0 saturated carbocycles. The lowest BCUT2D eigenvalue weighted by molar-refractivity contribution is 1.49. The first-order valence-corrected chi connectivity index (χ1v) is 9.71. The molecule has 0 N–H and O–H groups in total. The zero-order valence-corrected chi connectivity index (χ0v) is 15.3. The number of hydrogen-bond acceptors (Lipinski definition) is 1. The number of thiophene rings is 1. The smallest absolute Gasteiger partial charge is 0.0100 e. The summed E-state index contributed by atoms with van der Waals surface area (Å²) in [6.07, 6.45) is 0. The fourth-order valence-corrected chi connectivity index (χ4v) is 6.36. The van der Waals surface area contributed by atoms with Crippen molar-refractivity contribution in [3.63, 3.8) is 0 Å². The highest BCUT2D eigenvalue weighted by molar-refractivity contribution is 7.80. The Balaban J connectivity index is 2.15. The molecule has 0 atom stereocenters. The monoisotopic (exact) mass is 324 g/mol. The van der Waals surface area contributed by atoms with Crippen molar-refractivity contribution in [3.8, 4) is 0 Å². The van der Waals surface area contributed by atoms with E-state index < -0.39 is 7.92 Å². The van der Waals surface area contributed by atoms with Crippen LogP contribution in [0.2, 0.25) is 0 Å². The maximum absolute atomic E-state index is 2.38. The van der Waals surface area contributed by atoms with Crippen molar-refractivity contribution < 1.29 is 0 Å². The largest absolute Gasteiger partial charge is 0.145 e. The van der Waals surface area contributed by atoms with Gasteiger partial charge in [0.1, 0.15) is 0 Å². The summed E-state index contributed by atoms with van der Waals surface area (Å²) >= 11 is 1.91. The van der Waals surface area contributed by atoms with Gasteiger partial charge in [0.05, 0.1) is 0 Å². The van der Waals surface area contributed by atoms with Gasteiger partial charge in [-0.05, 0) is 57.6 Å². The van der Waals surface area contributed by atoms with E-state index in [-0.39, 0.29) is 0 Å². The third kappa shape index (κ3) is 3.16. The Morgan fingerprint density at radius 2 is 1.14 bits per heavy atom. The highest BCUT2D eigenvalue weighted by atomic mass is 32.1. The minimum absolute atomic E-state index is 0.460. The van der Waals surface area contributed by atoms with E-state index in [2.05, 4.69) is 82.3 Å². The van der Waals surface area contributed by atoms with E-state index in [1.807, 2.05) is 11.3 Å². The van der Waals surface area contributed by atoms with Crippen LogP contribution < -0.4 is 15.9 Å². The molecule has 1 heterocycles. The molecule has 0 spiro atoms. The summed E-state index contributed by atoms with van der Waals surface area (Å²) in [6, 6.07) is 20.5. The van der Waals surface area contributed by atoms with Gasteiger partial charge in [0.2, 0.25) is 0 Å². The molecule has 3 aromatic rings. The van der Waals surface area contributed by atoms with Crippen LogP contribution in [0.3, 0.4) is 0 Å². The molecule has 2 heteroatoms. The number of rotatable bonds is 3. The lowest BCUT2D eigenvalue weighted by atomic mass is 10.2. The third-order valence-electron chi connectivity index (χ3n) is 3.84. The van der Waals surface area contributed by atoms with Crippen LogP contribution in [-0.4, -0.2) is 0 Å². The molecule has 0 aliphatic carbocycles. The van der Waals surface area contributed by atoms with E-state index in [1.165, 1.54) is 36.8 Å². The number of benzene rings is 2. The second-order valence-electron chi connectivity index (χ2n) is 5.80. The Morgan fingerprint density at radius 1 is 0.682 bits per heavy atom. The molecule has 2 aromatic carbocycles. The maximum atomic E-state index is 2.38. The van der Waals surface area contributed by atoms with Crippen molar-refractivity contribution >= 4 is 35.2 Å². The molecule has 112 valence electrons. The van der Waals surface area contributed by atoms with Gasteiger partial charge in [-0.3, -0.25) is 0 Å². The first kappa shape index (κ1) is 15.5. The highest BCUT2D eigenvalue weighted by Gasteiger charge is 2.19. The lowest BCUT2D eigenvalue weighted by Gasteiger charge is -2.19. The van der Waals surface area contributed by atoms with Gasteiger partial charge < -0.3 is 0 Å². The Kier molecular flexibility index (Phi) is 4.47. The summed E-state index contributed by atoms with van der Waals surface area (Å²) in [5, 5.41) is 4.38. The molecule has 0 amide bonds. The summed E-state index contributed by atoms with van der Waals surface area (Å²) in [5.74, 6) is 0. The van der Waals surface area contributed by atoms with Gasteiger partial charge in [-0.1, -0.05) is 59.7 Å². The standard InChI is InChI=1S/C20H21PS/c1-14-5-9-18(10-6-14)21(19-11-7-15(2)8-12-19)20-13-16(3)22-17(20)4/h5-13H,1-4H3. The van der Waals surface area contributed by atoms with Crippen LogP contribution in [0.25, 0.3) is 0 Å². The Bertz CT molecular complexity index is 721. The van der Waals surface area contributed by atoms with Crippen LogP contribution in [-0.2, 0) is 0 Å². The van der Waals surface area contributed by atoms with E-state index >= 15 is 0 Å². The number of aryl methyl sites for hydroxylation is 4. The van der Waals surface area contributed by atoms with Gasteiger partial charge in [-0.25, -0.2) is 0 Å². The minimum atomic E-state index is -0.460. The normalized spacial score (nSPS) is 11.1. The van der Waals surface area contributed by atoms with Crippen molar-refractivity contribution in [2.24, 2.45) is 0 Å². The second-order valence-corrected chi connectivity index (χ2v) is 9.45. The van der Waals surface area contributed by atoms with Gasteiger partial charge >= 0.3 is 0 Å². The van der Waals surface area contributed by atoms with Crippen LogP contribution >= 0.6 is 19.3 Å². The zero-order chi connectivity index (χ0) is 15.7. The van der Waals surface area contributed by atoms with Crippen LogP contribution in [0.15, 0.2) is 54.6 Å². The molecule has 0 bridgehead atoms. The molecule has 1 aromatic heterocycles. The topological polar surface area (TPSA) is 0 Å². The molecule has 0 saturated heterocycles. The van der Waals surface area contributed by atoms with Gasteiger partial charge in [0, 0.05) is 9.75 Å². The first-order valence-electron chi connectivity index (χ1n) is 7.55. The maximum Gasteiger partial charge on any atom is 0.0100 e. The minimum Gasteiger partial charge on any atom is -0.145 e. The number of hydrogen-bond donors (Lipinski definition) is 0. The predicted octanol–water partition coefficient (Wildman–Crippen LogP) is 4.74. The fourth-order valence-electron chi connectivity index (χ4n) is 2.65. The van der Waals surface area contributed by atoms with Crippen LogP contribution in [0, 0.1) is 27.7 Å². The van der Waals surface area contributed by atoms with E-state index in [1.54, 1.807) is 0 Å². The Morgan fingerprint density at radius 3 is 1.50 bits per heavy atom. The average Bonchev–Trinajstić information content (AvgIpc) is 2.82. The van der Waals surface area contributed by atoms with Crippen LogP contribution in [0.1, 0.15) is 20.9 Å². The van der Waals surface area contributed by atoms with Crippen molar-refractivity contribution in [1.82, 2.24) is 0 Å². The molecule has 0 nitrogen and oxygen atoms in total. The summed E-state index contributed by atoms with van der Waals surface area (Å²) < 4.78 is 0. The molecule has 0 fully saturated rings. The van der Waals surface area contributed by atoms with Gasteiger partial charge in [-0.2, -0.15) is 0 Å². The van der Waals surface area contributed by atoms with E-state index in [4.69, 9.17) is 0 Å². The van der Waals surface area contributed by atoms with Crippen molar-refractivity contribution in [2.45, 2.75) is 27.7 Å². The van der Waals surface area contributed by atoms with Crippen molar-refractivity contribution in [3.05, 3.63) is 75.5 Å². The molecule has 0 aliphatic rings. The van der Waals surface area contributed by atoms with Crippen molar-refractivity contribution in [1.29, 1.82) is 0 Å². The quantitative estimate of drug-likeness (QED) is 0.611. The predicted molar refractivity (Wildman–Crippen MR) is 102 cm³/mol. The lowest BCUT2D eigenvalue weighted by Crippen LogP contribution is -2.21. The van der Waals surface area contributed by atoms with Crippen LogP contribution in [0.5, 0.6) is 0 Å². The molecule has 0 radical (unpaired) electrons. The Hall–Kier alpha value is -1.43. The summed E-state index contributed by atoms with van der Waals surface area (Å²) in [5.41, 5.74) is 2.64. The Labute approximate surface area is 138 Å². The second kappa shape index (κ2) is 6.36. The van der Waals surface area contributed by atoms with Crippen molar-refractivity contribution in [2.75, 3.05) is 0 Å². The summed E-state index contributed by atoms with van der Waals surface area (Å²) in [6.45, 7) is 8.76. The van der Waals surface area contributed by atoms with E-state index in [0.717, 1.165) is 0 Å². The summed E-state index contributed by atoms with van der Waals surface area (Å²) in [7, 11) is -0.460. The molecule has 0 aliphatic heterocycles. The zero-order valence-electron chi connectivity index (χ0n) is 13.6. The molecule has 3 rings (SSSR count).